The fourth-order valence-corrected chi connectivity index (χ4v) is 2.70. The second-order valence-electron chi connectivity index (χ2n) is 5.96. The molecular formula is C20H25NO5. The largest absolute Gasteiger partial charge is 0.494 e. The van der Waals surface area contributed by atoms with Gasteiger partial charge in [-0.05, 0) is 38.0 Å². The van der Waals surface area contributed by atoms with E-state index < -0.39 is 5.97 Å². The van der Waals surface area contributed by atoms with E-state index in [9.17, 15) is 9.59 Å². The molecule has 2 rings (SSSR count). The van der Waals surface area contributed by atoms with Gasteiger partial charge in [0.1, 0.15) is 22.8 Å². The number of nitrogens with zero attached hydrogens (tertiary/aromatic N) is 1. The van der Waals surface area contributed by atoms with Crippen LogP contribution in [0.2, 0.25) is 0 Å². The summed E-state index contributed by atoms with van der Waals surface area (Å²) in [4.78, 5) is 25.6. The number of hydrogen-bond donors (Lipinski definition) is 0. The molecule has 0 atom stereocenters. The van der Waals surface area contributed by atoms with Crippen molar-refractivity contribution in [3.63, 3.8) is 0 Å². The molecule has 0 fully saturated rings. The smallest absolute Gasteiger partial charge is 0.341 e. The zero-order valence-corrected chi connectivity index (χ0v) is 15.7. The molecule has 0 radical (unpaired) electrons. The van der Waals surface area contributed by atoms with Crippen LogP contribution in [0.4, 0.5) is 0 Å². The number of ether oxygens (including phenoxy) is 2. The third-order valence-corrected chi connectivity index (χ3v) is 4.07. The van der Waals surface area contributed by atoms with Crippen LogP contribution in [0.25, 0.3) is 0 Å². The number of para-hydroxylation sites is 1. The number of hydrogen-bond acceptors (Lipinski definition) is 5. The third kappa shape index (κ3) is 4.88. The Morgan fingerprint density at radius 3 is 2.65 bits per heavy atom. The first-order valence-electron chi connectivity index (χ1n) is 8.58. The van der Waals surface area contributed by atoms with E-state index in [1.165, 1.54) is 7.11 Å². The van der Waals surface area contributed by atoms with Crippen LogP contribution in [0.15, 0.2) is 34.7 Å². The quantitative estimate of drug-likeness (QED) is 0.676. The van der Waals surface area contributed by atoms with Gasteiger partial charge in [0.15, 0.2) is 0 Å². The molecule has 1 aromatic heterocycles. The Bertz CT molecular complexity index is 765. The van der Waals surface area contributed by atoms with Gasteiger partial charge in [0.2, 0.25) is 5.91 Å². The first-order chi connectivity index (χ1) is 12.5. The zero-order chi connectivity index (χ0) is 19.1. The molecule has 0 aliphatic carbocycles. The Labute approximate surface area is 153 Å². The molecule has 0 saturated carbocycles. The van der Waals surface area contributed by atoms with E-state index in [2.05, 4.69) is 0 Å². The molecule has 26 heavy (non-hydrogen) atoms. The maximum Gasteiger partial charge on any atom is 0.341 e. The molecule has 0 unspecified atom stereocenters. The minimum atomic E-state index is -0.445. The number of rotatable bonds is 8. The van der Waals surface area contributed by atoms with Crippen LogP contribution in [0.3, 0.4) is 0 Å². The first kappa shape index (κ1) is 19.6. The minimum Gasteiger partial charge on any atom is -0.494 e. The summed E-state index contributed by atoms with van der Waals surface area (Å²) >= 11 is 0. The number of benzene rings is 1. The topological polar surface area (TPSA) is 69.0 Å². The highest BCUT2D eigenvalue weighted by molar-refractivity contribution is 5.90. The van der Waals surface area contributed by atoms with Crippen molar-refractivity contribution in [2.45, 2.75) is 33.2 Å². The van der Waals surface area contributed by atoms with E-state index in [0.717, 1.165) is 11.3 Å². The van der Waals surface area contributed by atoms with E-state index in [0.29, 0.717) is 43.1 Å². The molecule has 6 nitrogen and oxygen atoms in total. The lowest BCUT2D eigenvalue weighted by Crippen LogP contribution is -2.26. The van der Waals surface area contributed by atoms with Gasteiger partial charge in [-0.2, -0.15) is 0 Å². The normalized spacial score (nSPS) is 10.5. The van der Waals surface area contributed by atoms with Gasteiger partial charge in [-0.15, -0.1) is 0 Å². The van der Waals surface area contributed by atoms with Crippen LogP contribution in [0.5, 0.6) is 5.75 Å². The number of furan rings is 1. The van der Waals surface area contributed by atoms with Gasteiger partial charge in [-0.3, -0.25) is 4.79 Å². The lowest BCUT2D eigenvalue weighted by Gasteiger charge is -2.16. The molecule has 0 N–H and O–H groups in total. The van der Waals surface area contributed by atoms with Crippen molar-refractivity contribution in [2.75, 3.05) is 20.8 Å². The molecule has 0 saturated heterocycles. The maximum atomic E-state index is 12.4. The fourth-order valence-electron chi connectivity index (χ4n) is 2.70. The van der Waals surface area contributed by atoms with Gasteiger partial charge in [0.05, 0.1) is 20.3 Å². The Hall–Kier alpha value is -2.76. The summed E-state index contributed by atoms with van der Waals surface area (Å²) in [5, 5.41) is 0. The molecule has 2 aromatic rings. The van der Waals surface area contributed by atoms with Crippen LogP contribution in [0, 0.1) is 6.92 Å². The number of carbonyl (C=O) groups is 2. The highest BCUT2D eigenvalue weighted by atomic mass is 16.5. The van der Waals surface area contributed by atoms with Gasteiger partial charge in [0, 0.05) is 13.5 Å². The Kier molecular flexibility index (Phi) is 6.83. The van der Waals surface area contributed by atoms with E-state index in [-0.39, 0.29) is 5.91 Å². The molecule has 0 aliphatic heterocycles. The van der Waals surface area contributed by atoms with Crippen molar-refractivity contribution in [3.8, 4) is 5.75 Å². The van der Waals surface area contributed by atoms with Crippen molar-refractivity contribution >= 4 is 11.9 Å². The van der Waals surface area contributed by atoms with E-state index in [1.54, 1.807) is 24.9 Å². The van der Waals surface area contributed by atoms with Crippen molar-refractivity contribution in [2.24, 2.45) is 0 Å². The Balaban J connectivity index is 1.95. The summed E-state index contributed by atoms with van der Waals surface area (Å²) in [7, 11) is 3.04. The van der Waals surface area contributed by atoms with Crippen molar-refractivity contribution in [1.29, 1.82) is 0 Å². The van der Waals surface area contributed by atoms with E-state index in [4.69, 9.17) is 13.9 Å². The average molecular weight is 359 g/mol. The fraction of sp³-hybridized carbons (Fsp3) is 0.400. The van der Waals surface area contributed by atoms with Crippen LogP contribution in [0.1, 0.15) is 40.8 Å². The van der Waals surface area contributed by atoms with Crippen LogP contribution < -0.4 is 4.74 Å². The molecule has 1 heterocycles. The summed E-state index contributed by atoms with van der Waals surface area (Å²) in [6, 6.07) is 9.35. The third-order valence-electron chi connectivity index (χ3n) is 4.07. The molecule has 1 aromatic carbocycles. The highest BCUT2D eigenvalue weighted by Crippen LogP contribution is 2.21. The van der Waals surface area contributed by atoms with Crippen LogP contribution >= 0.6 is 0 Å². The number of esters is 1. The molecule has 140 valence electrons. The van der Waals surface area contributed by atoms with Gasteiger partial charge in [0.25, 0.3) is 0 Å². The number of amides is 1. The Morgan fingerprint density at radius 2 is 1.96 bits per heavy atom. The van der Waals surface area contributed by atoms with E-state index in [1.807, 2.05) is 31.2 Å². The summed E-state index contributed by atoms with van der Waals surface area (Å²) in [6.07, 6.45) is 0.966. The highest BCUT2D eigenvalue weighted by Gasteiger charge is 2.18. The number of methoxy groups -OCH3 is 1. The molecular weight excluding hydrogens is 334 g/mol. The van der Waals surface area contributed by atoms with Gasteiger partial charge in [-0.25, -0.2) is 4.79 Å². The van der Waals surface area contributed by atoms with Gasteiger partial charge in [-0.1, -0.05) is 18.2 Å². The summed E-state index contributed by atoms with van der Waals surface area (Å²) in [6.45, 7) is 4.51. The predicted octanol–water partition coefficient (Wildman–Crippen LogP) is 3.36. The predicted molar refractivity (Wildman–Crippen MR) is 97.2 cm³/mol. The van der Waals surface area contributed by atoms with Crippen LogP contribution in [-0.2, 0) is 22.5 Å². The van der Waals surface area contributed by atoms with Crippen molar-refractivity contribution < 1.29 is 23.5 Å². The monoisotopic (exact) mass is 359 g/mol. The standard InChI is InChI=1S/C20H25NO5/c1-5-25-18-9-7-6-8-15(18)10-11-19(22)21(3)13-16-12-17(14(2)26-16)20(23)24-4/h6-9,12H,5,10-11,13H2,1-4H3. The van der Waals surface area contributed by atoms with Crippen LogP contribution in [-0.4, -0.2) is 37.5 Å². The Morgan fingerprint density at radius 1 is 1.23 bits per heavy atom. The maximum absolute atomic E-state index is 12.4. The molecule has 0 aliphatic rings. The van der Waals surface area contributed by atoms with Gasteiger partial charge >= 0.3 is 5.97 Å². The first-order valence-corrected chi connectivity index (χ1v) is 8.58. The summed E-state index contributed by atoms with van der Waals surface area (Å²) in [5.41, 5.74) is 1.40. The zero-order valence-electron chi connectivity index (χ0n) is 15.7. The van der Waals surface area contributed by atoms with Crippen molar-refractivity contribution in [3.05, 3.63) is 53.0 Å². The molecule has 0 bridgehead atoms. The van der Waals surface area contributed by atoms with Crippen molar-refractivity contribution in [1.82, 2.24) is 4.90 Å². The number of aryl methyl sites for hydroxylation is 2. The average Bonchev–Trinajstić information content (AvgIpc) is 3.00. The van der Waals surface area contributed by atoms with E-state index >= 15 is 0 Å². The molecule has 6 heteroatoms. The van der Waals surface area contributed by atoms with Gasteiger partial charge < -0.3 is 18.8 Å². The lowest BCUT2D eigenvalue weighted by atomic mass is 10.1. The number of carbonyl (C=O) groups excluding carboxylic acids is 2. The summed E-state index contributed by atoms with van der Waals surface area (Å²) < 4.78 is 15.9. The second kappa shape index (κ2) is 9.08. The molecule has 1 amide bonds. The SMILES string of the molecule is CCOc1ccccc1CCC(=O)N(C)Cc1cc(C(=O)OC)c(C)o1. The summed E-state index contributed by atoms with van der Waals surface area (Å²) in [5.74, 6) is 1.39. The molecule has 0 spiro atoms. The minimum absolute atomic E-state index is 0.00928. The lowest BCUT2D eigenvalue weighted by molar-refractivity contribution is -0.130. The second-order valence-corrected chi connectivity index (χ2v) is 5.96.